The number of urea groups is 1. The number of nitrogens with zero attached hydrogens (tertiary/aromatic N) is 1. The fourth-order valence-corrected chi connectivity index (χ4v) is 2.66. The summed E-state index contributed by atoms with van der Waals surface area (Å²) in [5.41, 5.74) is 2.70. The highest BCUT2D eigenvalue weighted by molar-refractivity contribution is 5.74. The number of aryl methyl sites for hydroxylation is 2. The molecule has 0 unspecified atom stereocenters. The monoisotopic (exact) mass is 317 g/mol. The number of aliphatic hydroxyl groups excluding tert-OH is 1. The van der Waals surface area contributed by atoms with Crippen molar-refractivity contribution in [2.75, 3.05) is 6.61 Å². The van der Waals surface area contributed by atoms with E-state index in [1.165, 1.54) is 0 Å². The molecule has 0 aliphatic carbocycles. The summed E-state index contributed by atoms with van der Waals surface area (Å²) in [6.07, 6.45) is 0.574. The first kappa shape index (κ1) is 17.0. The van der Waals surface area contributed by atoms with Gasteiger partial charge in [0, 0.05) is 5.56 Å². The maximum Gasteiger partial charge on any atom is 0.315 e. The van der Waals surface area contributed by atoms with Gasteiger partial charge in [-0.15, -0.1) is 0 Å². The number of nitrogens with one attached hydrogen (secondary N) is 2. The number of aliphatic hydroxyl groups is 1. The number of carbonyl (C=O) groups excluding carboxylic acids is 1. The molecule has 0 fully saturated rings. The molecule has 2 rings (SSSR count). The summed E-state index contributed by atoms with van der Waals surface area (Å²) < 4.78 is 5.12. The number of carbonyl (C=O) groups is 1. The minimum Gasteiger partial charge on any atom is -0.394 e. The van der Waals surface area contributed by atoms with Crippen LogP contribution in [0, 0.1) is 13.8 Å². The Labute approximate surface area is 135 Å². The molecule has 3 N–H and O–H groups in total. The molecule has 23 heavy (non-hydrogen) atoms. The second-order valence-electron chi connectivity index (χ2n) is 5.65. The predicted molar refractivity (Wildman–Crippen MR) is 87.1 cm³/mol. The van der Waals surface area contributed by atoms with Gasteiger partial charge in [-0.3, -0.25) is 0 Å². The molecular weight excluding hydrogens is 294 g/mol. The average Bonchev–Trinajstić information content (AvgIpc) is 2.86. The first-order valence-corrected chi connectivity index (χ1v) is 7.65. The van der Waals surface area contributed by atoms with Gasteiger partial charge in [0.15, 0.2) is 0 Å². The molecule has 0 bridgehead atoms. The molecule has 6 nitrogen and oxygen atoms in total. The number of hydrogen-bond donors (Lipinski definition) is 3. The zero-order valence-corrected chi connectivity index (χ0v) is 13.7. The third-order valence-corrected chi connectivity index (χ3v) is 3.75. The lowest BCUT2D eigenvalue weighted by Gasteiger charge is -2.19. The predicted octanol–water partition coefficient (Wildman–Crippen LogP) is 2.26. The van der Waals surface area contributed by atoms with Crippen LogP contribution in [0.3, 0.4) is 0 Å². The molecule has 2 atom stereocenters. The fourth-order valence-electron chi connectivity index (χ4n) is 2.66. The van der Waals surface area contributed by atoms with E-state index in [9.17, 15) is 9.90 Å². The Hall–Kier alpha value is -2.34. The fraction of sp³-hybridized carbons (Fsp3) is 0.412. The second kappa shape index (κ2) is 7.78. The number of rotatable bonds is 6. The van der Waals surface area contributed by atoms with E-state index in [-0.39, 0.29) is 24.7 Å². The Morgan fingerprint density at radius 3 is 2.52 bits per heavy atom. The van der Waals surface area contributed by atoms with Crippen LogP contribution < -0.4 is 10.6 Å². The van der Waals surface area contributed by atoms with E-state index in [0.29, 0.717) is 12.2 Å². The Kier molecular flexibility index (Phi) is 5.76. The first-order valence-electron chi connectivity index (χ1n) is 7.65. The smallest absolute Gasteiger partial charge is 0.315 e. The highest BCUT2D eigenvalue weighted by Gasteiger charge is 2.19. The van der Waals surface area contributed by atoms with Crippen LogP contribution >= 0.6 is 0 Å². The van der Waals surface area contributed by atoms with Crippen LogP contribution in [0.5, 0.6) is 0 Å². The van der Waals surface area contributed by atoms with Gasteiger partial charge >= 0.3 is 6.03 Å². The molecule has 2 amide bonds. The van der Waals surface area contributed by atoms with Gasteiger partial charge in [-0.05, 0) is 32.8 Å². The molecular formula is C17H23N3O3. The summed E-state index contributed by atoms with van der Waals surface area (Å²) in [5, 5.41) is 19.0. The summed E-state index contributed by atoms with van der Waals surface area (Å²) in [6.45, 7) is 5.41. The van der Waals surface area contributed by atoms with Crippen LogP contribution in [0.2, 0.25) is 0 Å². The third-order valence-electron chi connectivity index (χ3n) is 3.75. The van der Waals surface area contributed by atoms with E-state index in [4.69, 9.17) is 4.52 Å². The lowest BCUT2D eigenvalue weighted by atomic mass is 10.1. The molecule has 0 aliphatic rings. The van der Waals surface area contributed by atoms with Gasteiger partial charge in [-0.25, -0.2) is 4.79 Å². The summed E-state index contributed by atoms with van der Waals surface area (Å²) in [7, 11) is 0. The van der Waals surface area contributed by atoms with Crippen LogP contribution in [0.15, 0.2) is 34.9 Å². The van der Waals surface area contributed by atoms with Crippen LogP contribution in [0.25, 0.3) is 0 Å². The maximum atomic E-state index is 12.1. The summed E-state index contributed by atoms with van der Waals surface area (Å²) in [6, 6.07) is 8.85. The molecule has 1 aromatic carbocycles. The van der Waals surface area contributed by atoms with E-state index in [1.807, 2.05) is 51.1 Å². The average molecular weight is 317 g/mol. The number of hydrogen-bond acceptors (Lipinski definition) is 4. The van der Waals surface area contributed by atoms with Crippen molar-refractivity contribution in [3.63, 3.8) is 0 Å². The molecule has 124 valence electrons. The van der Waals surface area contributed by atoms with Gasteiger partial charge in [0.1, 0.15) is 5.76 Å². The van der Waals surface area contributed by atoms with Crippen molar-refractivity contribution in [1.29, 1.82) is 0 Å². The number of amides is 2. The summed E-state index contributed by atoms with van der Waals surface area (Å²) in [5.74, 6) is 0.693. The molecule has 0 saturated heterocycles. The van der Waals surface area contributed by atoms with Crippen molar-refractivity contribution >= 4 is 6.03 Å². The lowest BCUT2D eigenvalue weighted by Crippen LogP contribution is -2.45. The van der Waals surface area contributed by atoms with E-state index in [2.05, 4.69) is 15.8 Å². The van der Waals surface area contributed by atoms with Crippen molar-refractivity contribution in [3.8, 4) is 0 Å². The Morgan fingerprint density at radius 2 is 1.96 bits per heavy atom. The Balaban J connectivity index is 1.92. The van der Waals surface area contributed by atoms with Gasteiger partial charge in [-0.2, -0.15) is 0 Å². The Bertz CT molecular complexity index is 620. The minimum absolute atomic E-state index is 0.123. The minimum atomic E-state index is -0.339. The third kappa shape index (κ3) is 4.56. The largest absolute Gasteiger partial charge is 0.394 e. The SMILES string of the molecule is Cc1noc(C)c1[C@H](C)NC(=O)N[C@H](CO)Cc1ccccc1. The van der Waals surface area contributed by atoms with Crippen LogP contribution in [0.4, 0.5) is 4.79 Å². The summed E-state index contributed by atoms with van der Waals surface area (Å²) >= 11 is 0. The number of aromatic nitrogens is 1. The van der Waals surface area contributed by atoms with Crippen LogP contribution in [-0.2, 0) is 6.42 Å². The molecule has 0 radical (unpaired) electrons. The van der Waals surface area contributed by atoms with Gasteiger partial charge in [0.2, 0.25) is 0 Å². The summed E-state index contributed by atoms with van der Waals surface area (Å²) in [4.78, 5) is 12.1. The molecule has 1 aromatic heterocycles. The quantitative estimate of drug-likeness (QED) is 0.762. The number of benzene rings is 1. The van der Waals surface area contributed by atoms with E-state index in [0.717, 1.165) is 16.8 Å². The molecule has 0 aliphatic heterocycles. The molecule has 1 heterocycles. The van der Waals surface area contributed by atoms with Crippen molar-refractivity contribution in [2.24, 2.45) is 0 Å². The van der Waals surface area contributed by atoms with E-state index in [1.54, 1.807) is 0 Å². The van der Waals surface area contributed by atoms with Crippen LogP contribution in [-0.4, -0.2) is 28.9 Å². The van der Waals surface area contributed by atoms with Crippen molar-refractivity contribution < 1.29 is 14.4 Å². The standard InChI is InChI=1S/C17H23N3O3/c1-11(16-12(2)20-23-13(16)3)18-17(22)19-15(10-21)9-14-7-5-4-6-8-14/h4-8,11,15,21H,9-10H2,1-3H3,(H2,18,19,22)/t11-,15-/m0/s1. The molecule has 0 saturated carbocycles. The van der Waals surface area contributed by atoms with Crippen LogP contribution in [0.1, 0.15) is 35.5 Å². The highest BCUT2D eigenvalue weighted by atomic mass is 16.5. The topological polar surface area (TPSA) is 87.4 Å². The van der Waals surface area contributed by atoms with Gasteiger partial charge < -0.3 is 20.3 Å². The van der Waals surface area contributed by atoms with Crippen molar-refractivity contribution in [2.45, 2.75) is 39.3 Å². The zero-order valence-electron chi connectivity index (χ0n) is 13.7. The zero-order chi connectivity index (χ0) is 16.8. The van der Waals surface area contributed by atoms with Crippen molar-refractivity contribution in [3.05, 3.63) is 52.9 Å². The maximum absolute atomic E-state index is 12.1. The van der Waals surface area contributed by atoms with E-state index < -0.39 is 0 Å². The highest BCUT2D eigenvalue weighted by Crippen LogP contribution is 2.20. The molecule has 2 aromatic rings. The first-order chi connectivity index (χ1) is 11.0. The van der Waals surface area contributed by atoms with Crippen molar-refractivity contribution in [1.82, 2.24) is 15.8 Å². The molecule has 0 spiro atoms. The van der Waals surface area contributed by atoms with Gasteiger partial charge in [0.25, 0.3) is 0 Å². The van der Waals surface area contributed by atoms with Gasteiger partial charge in [0.05, 0.1) is 24.4 Å². The molecule has 6 heteroatoms. The van der Waals surface area contributed by atoms with E-state index >= 15 is 0 Å². The normalized spacial score (nSPS) is 13.4. The second-order valence-corrected chi connectivity index (χ2v) is 5.65. The lowest BCUT2D eigenvalue weighted by molar-refractivity contribution is 0.213. The van der Waals surface area contributed by atoms with Gasteiger partial charge in [-0.1, -0.05) is 35.5 Å². The Morgan fingerprint density at radius 1 is 1.26 bits per heavy atom.